The van der Waals surface area contributed by atoms with Gasteiger partial charge < -0.3 is 8.83 Å². The Hall–Kier alpha value is -6.66. The van der Waals surface area contributed by atoms with Crippen molar-refractivity contribution in [2.75, 3.05) is 0 Å². The van der Waals surface area contributed by atoms with E-state index in [1.54, 1.807) is 0 Å². The van der Waals surface area contributed by atoms with E-state index < -0.39 is 0 Å². The normalized spacial score (nSPS) is 11.8. The number of hydrogen-bond donors (Lipinski definition) is 0. The molecule has 6 aromatic carbocycles. The molecule has 0 radical (unpaired) electrons. The first-order chi connectivity index (χ1) is 23.8. The average molecular weight is 617 g/mol. The first-order valence-electron chi connectivity index (χ1n) is 15.8. The molecule has 6 nitrogen and oxygen atoms in total. The van der Waals surface area contributed by atoms with Crippen LogP contribution in [0.3, 0.4) is 0 Å². The molecule has 4 heterocycles. The van der Waals surface area contributed by atoms with Gasteiger partial charge in [-0.05, 0) is 46.2 Å². The van der Waals surface area contributed by atoms with Gasteiger partial charge in [0.05, 0.1) is 11.1 Å². The van der Waals surface area contributed by atoms with Gasteiger partial charge in [0.15, 0.2) is 11.6 Å². The van der Waals surface area contributed by atoms with E-state index >= 15 is 0 Å². The van der Waals surface area contributed by atoms with Gasteiger partial charge in [0.25, 0.3) is 0 Å². The Kier molecular flexibility index (Phi) is 5.77. The van der Waals surface area contributed by atoms with Gasteiger partial charge in [-0.25, -0.2) is 19.9 Å². The Morgan fingerprint density at radius 2 is 0.667 bits per heavy atom. The topological polar surface area (TPSA) is 77.8 Å². The second-order valence-corrected chi connectivity index (χ2v) is 11.9. The molecular weight excluding hydrogens is 592 g/mol. The lowest BCUT2D eigenvalue weighted by Crippen LogP contribution is -1.93. The van der Waals surface area contributed by atoms with E-state index in [0.29, 0.717) is 11.6 Å². The molecule has 6 heteroatoms. The first kappa shape index (κ1) is 26.5. The van der Waals surface area contributed by atoms with Crippen LogP contribution in [0.4, 0.5) is 0 Å². The third kappa shape index (κ3) is 4.06. The highest BCUT2D eigenvalue weighted by molar-refractivity contribution is 6.10. The summed E-state index contributed by atoms with van der Waals surface area (Å²) in [6.45, 7) is 0. The molecule has 48 heavy (non-hydrogen) atoms. The highest BCUT2D eigenvalue weighted by Crippen LogP contribution is 2.38. The Labute approximate surface area is 274 Å². The number of para-hydroxylation sites is 4. The third-order valence-electron chi connectivity index (χ3n) is 9.14. The minimum Gasteiger partial charge on any atom is -0.455 e. The molecule has 224 valence electrons. The minimum atomic E-state index is 0.625. The van der Waals surface area contributed by atoms with E-state index in [9.17, 15) is 0 Å². The molecule has 0 saturated heterocycles. The van der Waals surface area contributed by atoms with Crippen LogP contribution in [0.1, 0.15) is 0 Å². The van der Waals surface area contributed by atoms with E-state index in [-0.39, 0.29) is 0 Å². The smallest absolute Gasteiger partial charge is 0.162 e. The van der Waals surface area contributed by atoms with Gasteiger partial charge >= 0.3 is 0 Å². The summed E-state index contributed by atoms with van der Waals surface area (Å²) in [4.78, 5) is 19.2. The lowest BCUT2D eigenvalue weighted by molar-refractivity contribution is 0.669. The number of nitrogens with zero attached hydrogens (tertiary/aromatic N) is 4. The monoisotopic (exact) mass is 616 g/mol. The summed E-state index contributed by atoms with van der Waals surface area (Å²) in [5, 5.41) is 6.48. The Balaban J connectivity index is 1.01. The second-order valence-electron chi connectivity index (χ2n) is 11.9. The van der Waals surface area contributed by atoms with Crippen molar-refractivity contribution < 1.29 is 8.83 Å². The molecule has 4 aromatic heterocycles. The highest BCUT2D eigenvalue weighted by atomic mass is 16.3. The minimum absolute atomic E-state index is 0.625. The highest BCUT2D eigenvalue weighted by Gasteiger charge is 2.16. The molecule has 0 amide bonds. The van der Waals surface area contributed by atoms with Crippen LogP contribution in [0, 0.1) is 0 Å². The van der Waals surface area contributed by atoms with Crippen LogP contribution in [0.5, 0.6) is 0 Å². The summed E-state index contributed by atoms with van der Waals surface area (Å²) >= 11 is 0. The zero-order valence-electron chi connectivity index (χ0n) is 25.5. The summed E-state index contributed by atoms with van der Waals surface area (Å²) in [6.07, 6.45) is 7.56. The van der Waals surface area contributed by atoms with Crippen LogP contribution in [0.25, 0.3) is 99.7 Å². The Morgan fingerprint density at radius 3 is 1.10 bits per heavy atom. The van der Waals surface area contributed by atoms with E-state index in [1.807, 2.05) is 85.5 Å². The van der Waals surface area contributed by atoms with Crippen molar-refractivity contribution in [3.8, 4) is 45.0 Å². The van der Waals surface area contributed by atoms with Crippen LogP contribution >= 0.6 is 0 Å². The molecule has 0 aliphatic heterocycles. The van der Waals surface area contributed by atoms with E-state index in [1.165, 1.54) is 0 Å². The molecule has 0 bridgehead atoms. The molecule has 0 unspecified atom stereocenters. The van der Waals surface area contributed by atoms with Crippen LogP contribution in [-0.2, 0) is 0 Å². The van der Waals surface area contributed by atoms with Crippen molar-refractivity contribution in [1.29, 1.82) is 0 Å². The largest absolute Gasteiger partial charge is 0.455 e. The van der Waals surface area contributed by atoms with Gasteiger partial charge in [-0.15, -0.1) is 0 Å². The summed E-state index contributed by atoms with van der Waals surface area (Å²) in [7, 11) is 0. The van der Waals surface area contributed by atoms with Gasteiger partial charge in [0, 0.05) is 57.5 Å². The second kappa shape index (κ2) is 10.4. The molecule has 0 aliphatic carbocycles. The fourth-order valence-corrected chi connectivity index (χ4v) is 6.87. The van der Waals surface area contributed by atoms with Crippen LogP contribution in [0.2, 0.25) is 0 Å². The average Bonchev–Trinajstić information content (AvgIpc) is 3.73. The molecule has 0 aliphatic rings. The third-order valence-corrected chi connectivity index (χ3v) is 9.14. The lowest BCUT2D eigenvalue weighted by atomic mass is 9.95. The summed E-state index contributed by atoms with van der Waals surface area (Å²) in [5.41, 5.74) is 9.01. The van der Waals surface area contributed by atoms with E-state index in [4.69, 9.17) is 28.8 Å². The summed E-state index contributed by atoms with van der Waals surface area (Å²) in [5.74, 6) is 1.25. The maximum Gasteiger partial charge on any atom is 0.162 e. The number of rotatable bonds is 4. The molecule has 0 atom stereocenters. The Morgan fingerprint density at radius 1 is 0.312 bits per heavy atom. The fraction of sp³-hybridized carbons (Fsp3) is 0. The maximum absolute atomic E-state index is 6.23. The summed E-state index contributed by atoms with van der Waals surface area (Å²) < 4.78 is 12.5. The van der Waals surface area contributed by atoms with Crippen molar-refractivity contribution in [1.82, 2.24) is 19.9 Å². The lowest BCUT2D eigenvalue weighted by Gasteiger charge is -2.11. The van der Waals surface area contributed by atoms with Gasteiger partial charge in [0.2, 0.25) is 0 Å². The number of hydrogen-bond acceptors (Lipinski definition) is 6. The van der Waals surface area contributed by atoms with Gasteiger partial charge in [-0.1, -0.05) is 97.1 Å². The predicted molar refractivity (Wildman–Crippen MR) is 191 cm³/mol. The van der Waals surface area contributed by atoms with Crippen molar-refractivity contribution >= 4 is 54.6 Å². The van der Waals surface area contributed by atoms with E-state index in [2.05, 4.69) is 60.7 Å². The van der Waals surface area contributed by atoms with Crippen molar-refractivity contribution in [3.05, 3.63) is 146 Å². The molecule has 0 saturated carbocycles. The van der Waals surface area contributed by atoms with Crippen LogP contribution in [0.15, 0.2) is 155 Å². The quantitative estimate of drug-likeness (QED) is 0.196. The molecule has 0 spiro atoms. The van der Waals surface area contributed by atoms with Gasteiger partial charge in [-0.2, -0.15) is 0 Å². The van der Waals surface area contributed by atoms with Crippen LogP contribution < -0.4 is 0 Å². The number of benzene rings is 6. The molecule has 0 N–H and O–H groups in total. The first-order valence-corrected chi connectivity index (χ1v) is 15.8. The predicted octanol–water partition coefficient (Wildman–Crippen LogP) is 10.9. The van der Waals surface area contributed by atoms with Gasteiger partial charge in [0.1, 0.15) is 22.3 Å². The number of fused-ring (bicyclic) bond motifs is 7. The zero-order valence-corrected chi connectivity index (χ0v) is 25.5. The molecular formula is C42H24N4O2. The summed E-state index contributed by atoms with van der Waals surface area (Å²) in [6, 6.07) is 41.0. The van der Waals surface area contributed by atoms with Crippen molar-refractivity contribution in [2.45, 2.75) is 0 Å². The van der Waals surface area contributed by atoms with Crippen molar-refractivity contribution in [2.24, 2.45) is 0 Å². The Bertz CT molecular complexity index is 2640. The maximum atomic E-state index is 6.23. The van der Waals surface area contributed by atoms with E-state index in [0.717, 1.165) is 88.0 Å². The SMILES string of the molecule is c1ccc2c(c1)oc1c(-c3ncc(-c4cccc5c(-c6cnc(-c7cccc8c7oc7ccccc78)nc6)cccc45)cn3)cccc12. The van der Waals surface area contributed by atoms with Crippen molar-refractivity contribution in [3.63, 3.8) is 0 Å². The number of aromatic nitrogens is 4. The zero-order chi connectivity index (χ0) is 31.6. The number of furan rings is 2. The van der Waals surface area contributed by atoms with Crippen LogP contribution in [-0.4, -0.2) is 19.9 Å². The van der Waals surface area contributed by atoms with Gasteiger partial charge in [-0.3, -0.25) is 0 Å². The molecule has 10 rings (SSSR count). The standard InChI is InChI=1S/C42H24N4O2/c1-3-19-37-31(9-1)33-15-7-17-35(39(33)47-37)41-43-21-25(22-44-41)27-11-5-14-30-28(12-6-13-29(27)30)26-23-45-42(46-24-26)36-18-8-16-34-32-10-2-4-20-38(32)48-40(34)36/h1-24H. The molecule has 0 fully saturated rings. The molecule has 10 aromatic rings. The fourth-order valence-electron chi connectivity index (χ4n) is 6.87.